The van der Waals surface area contributed by atoms with Crippen molar-refractivity contribution in [1.29, 1.82) is 0 Å². The van der Waals surface area contributed by atoms with Gasteiger partial charge in [0.1, 0.15) is 11.6 Å². The molecule has 3 saturated carbocycles. The van der Waals surface area contributed by atoms with Crippen molar-refractivity contribution in [3.05, 3.63) is 23.8 Å². The maximum Gasteiger partial charge on any atom is 0.326 e. The summed E-state index contributed by atoms with van der Waals surface area (Å²) in [7, 11) is 0. The van der Waals surface area contributed by atoms with Gasteiger partial charge in [0.15, 0.2) is 12.4 Å². The Kier molecular flexibility index (Phi) is 8.30. The van der Waals surface area contributed by atoms with Crippen molar-refractivity contribution in [2.75, 3.05) is 6.61 Å². The van der Waals surface area contributed by atoms with Crippen LogP contribution in [0.4, 0.5) is 0 Å². The van der Waals surface area contributed by atoms with Crippen LogP contribution in [0.25, 0.3) is 0 Å². The van der Waals surface area contributed by atoms with Crippen LogP contribution in [0.1, 0.15) is 65.2 Å². The quantitative estimate of drug-likeness (QED) is 0.232. The lowest BCUT2D eigenvalue weighted by molar-refractivity contribution is -0.181. The molecule has 0 heterocycles. The van der Waals surface area contributed by atoms with E-state index in [0.29, 0.717) is 12.8 Å². The Labute approximate surface area is 236 Å². The fraction of sp³-hybridized carbons (Fsp3) is 0.655. The number of Topliss-reactive ketones (excluding diaryl/α,β-unsaturated/α-hetero) is 1. The van der Waals surface area contributed by atoms with Crippen molar-refractivity contribution >= 4 is 35.4 Å². The minimum atomic E-state index is -1.83. The second-order valence-electron chi connectivity index (χ2n) is 12.3. The number of allylic oxidation sites excluding steroid dienone is 4. The fourth-order valence-corrected chi connectivity index (χ4v) is 7.98. The van der Waals surface area contributed by atoms with Crippen LogP contribution in [0.5, 0.6) is 0 Å². The molecule has 5 N–H and O–H groups in total. The van der Waals surface area contributed by atoms with E-state index in [9.17, 15) is 39.0 Å². The average molecular weight is 576 g/mol. The summed E-state index contributed by atoms with van der Waals surface area (Å²) in [5.41, 5.74) is -2.28. The van der Waals surface area contributed by atoms with Gasteiger partial charge in [-0.3, -0.25) is 24.0 Å². The Morgan fingerprint density at radius 3 is 2.49 bits per heavy atom. The molecule has 0 aliphatic heterocycles. The van der Waals surface area contributed by atoms with E-state index in [1.54, 1.807) is 19.1 Å². The molecule has 224 valence electrons. The summed E-state index contributed by atoms with van der Waals surface area (Å²) in [6.45, 7) is 3.11. The first kappa shape index (κ1) is 30.6. The molecule has 1 amide bonds. The molecule has 0 aromatic heterocycles. The van der Waals surface area contributed by atoms with Gasteiger partial charge in [-0.1, -0.05) is 25.5 Å². The first-order chi connectivity index (χ1) is 19.1. The van der Waals surface area contributed by atoms with Gasteiger partial charge in [-0.2, -0.15) is 0 Å². The molecule has 8 atom stereocenters. The maximum absolute atomic E-state index is 13.3. The van der Waals surface area contributed by atoms with Gasteiger partial charge < -0.3 is 30.5 Å². The number of fused-ring (bicyclic) bond motifs is 5. The molecule has 0 radical (unpaired) electrons. The van der Waals surface area contributed by atoms with E-state index in [1.165, 1.54) is 0 Å². The van der Waals surface area contributed by atoms with Crippen LogP contribution in [0, 0.1) is 28.6 Å². The van der Waals surface area contributed by atoms with Crippen LogP contribution in [0.2, 0.25) is 0 Å². The first-order valence-electron chi connectivity index (χ1n) is 13.9. The summed E-state index contributed by atoms with van der Waals surface area (Å²) in [4.78, 5) is 71.4. The molecule has 3 fully saturated rings. The predicted octanol–water partition coefficient (Wildman–Crippen LogP) is 0.933. The van der Waals surface area contributed by atoms with Crippen LogP contribution in [0.3, 0.4) is 0 Å². The first-order valence-corrected chi connectivity index (χ1v) is 13.9. The number of aliphatic carboxylic acids is 2. The lowest BCUT2D eigenvalue weighted by atomic mass is 9.46. The average Bonchev–Trinajstić information content (AvgIpc) is 3.16. The number of aliphatic hydroxyl groups is 2. The van der Waals surface area contributed by atoms with Crippen molar-refractivity contribution in [2.24, 2.45) is 28.6 Å². The minimum absolute atomic E-state index is 0.0161. The normalized spacial score (nSPS) is 36.2. The molecule has 0 aromatic carbocycles. The third-order valence-corrected chi connectivity index (χ3v) is 10.0. The van der Waals surface area contributed by atoms with E-state index in [2.05, 4.69) is 0 Å². The summed E-state index contributed by atoms with van der Waals surface area (Å²) < 4.78 is 5.05. The molecule has 4 aliphatic carbocycles. The largest absolute Gasteiger partial charge is 0.481 e. The van der Waals surface area contributed by atoms with Gasteiger partial charge in [0, 0.05) is 23.2 Å². The number of carbonyl (C=O) groups excluding carboxylic acids is 4. The Balaban J connectivity index is 1.37. The van der Waals surface area contributed by atoms with Gasteiger partial charge >= 0.3 is 17.9 Å². The summed E-state index contributed by atoms with van der Waals surface area (Å²) in [5, 5.41) is 42.9. The van der Waals surface area contributed by atoms with Gasteiger partial charge in [0.2, 0.25) is 11.7 Å². The molecular formula is C29H37NO11. The molecule has 0 spiro atoms. The van der Waals surface area contributed by atoms with E-state index < -0.39 is 84.0 Å². The highest BCUT2D eigenvalue weighted by molar-refractivity contribution is 6.01. The highest BCUT2D eigenvalue weighted by Crippen LogP contribution is 2.67. The highest BCUT2D eigenvalue weighted by atomic mass is 16.5. The smallest absolute Gasteiger partial charge is 0.326 e. The van der Waals surface area contributed by atoms with E-state index >= 15 is 0 Å². The van der Waals surface area contributed by atoms with Crippen molar-refractivity contribution in [1.82, 2.24) is 5.32 Å². The van der Waals surface area contributed by atoms with Crippen molar-refractivity contribution in [3.63, 3.8) is 0 Å². The molecule has 12 heteroatoms. The van der Waals surface area contributed by atoms with E-state index in [0.717, 1.165) is 12.0 Å². The standard InChI is InChI=1S/C29H37NO11/c1-27-9-7-16(31)11-15(27)3-4-17-18-8-10-29(40,28(18,2)13-20(32)25(17)27)21(33)14-41-24(37)6-5-22(34)30-19(26(38)39)12-23(35)36/h7,9,11,17-20,25,32,40H,3-6,8,10,12-14H2,1-2H3,(H,30,34)(H,35,36)(H,38,39)/t17-,18-,19+,20+,25+,27-,28-,29-/m0/s1. The minimum Gasteiger partial charge on any atom is -0.481 e. The number of hydrogen-bond donors (Lipinski definition) is 5. The number of rotatable bonds is 10. The number of amides is 1. The highest BCUT2D eigenvalue weighted by Gasteiger charge is 2.68. The number of ether oxygens (including phenoxy) is 1. The number of carbonyl (C=O) groups is 6. The van der Waals surface area contributed by atoms with Gasteiger partial charge in [-0.25, -0.2) is 4.79 Å². The second-order valence-corrected chi connectivity index (χ2v) is 12.3. The number of esters is 1. The summed E-state index contributed by atoms with van der Waals surface area (Å²) in [6, 6.07) is -1.65. The van der Waals surface area contributed by atoms with Crippen LogP contribution in [-0.2, 0) is 33.5 Å². The van der Waals surface area contributed by atoms with E-state index in [4.69, 9.17) is 14.9 Å². The number of ketones is 2. The van der Waals surface area contributed by atoms with E-state index in [1.807, 2.05) is 18.3 Å². The molecule has 41 heavy (non-hydrogen) atoms. The zero-order valence-electron chi connectivity index (χ0n) is 23.1. The van der Waals surface area contributed by atoms with Crippen LogP contribution in [0.15, 0.2) is 23.8 Å². The Morgan fingerprint density at radius 1 is 1.12 bits per heavy atom. The van der Waals surface area contributed by atoms with Gasteiger partial charge in [0.25, 0.3) is 0 Å². The number of aliphatic hydroxyl groups excluding tert-OH is 1. The summed E-state index contributed by atoms with van der Waals surface area (Å²) in [6.07, 6.45) is 4.74. The zero-order valence-corrected chi connectivity index (χ0v) is 23.1. The number of carboxylic acid groups (broad SMARTS) is 2. The van der Waals surface area contributed by atoms with Crippen LogP contribution < -0.4 is 5.32 Å². The molecular weight excluding hydrogens is 538 g/mol. The van der Waals surface area contributed by atoms with Crippen LogP contribution in [-0.4, -0.2) is 80.2 Å². The zero-order chi connectivity index (χ0) is 30.3. The number of hydrogen-bond acceptors (Lipinski definition) is 9. The van der Waals surface area contributed by atoms with Crippen molar-refractivity contribution < 1.29 is 53.9 Å². The second kappa shape index (κ2) is 11.1. The van der Waals surface area contributed by atoms with Crippen molar-refractivity contribution in [2.45, 2.75) is 83.0 Å². The van der Waals surface area contributed by atoms with Crippen molar-refractivity contribution in [3.8, 4) is 0 Å². The SMILES string of the molecule is C[C@]12C=CC(=O)C=C1CC[C@@H]1[C@@H]2[C@H](O)C[C@@]2(C)[C@H]1CC[C@]2(O)C(=O)COC(=O)CCC(=O)N[C@H](CC(=O)O)C(=O)O. The third kappa shape index (κ3) is 5.46. The number of nitrogens with one attached hydrogen (secondary N) is 1. The fourth-order valence-electron chi connectivity index (χ4n) is 7.98. The monoisotopic (exact) mass is 575 g/mol. The Bertz CT molecular complexity index is 1220. The van der Waals surface area contributed by atoms with Gasteiger partial charge in [-0.15, -0.1) is 0 Å². The molecule has 4 aliphatic rings. The lowest BCUT2D eigenvalue weighted by Gasteiger charge is -2.59. The molecule has 0 bridgehead atoms. The van der Waals surface area contributed by atoms with Gasteiger partial charge in [-0.05, 0) is 56.1 Å². The maximum atomic E-state index is 13.3. The Hall–Kier alpha value is -3.38. The van der Waals surface area contributed by atoms with Gasteiger partial charge in [0.05, 0.1) is 18.9 Å². The van der Waals surface area contributed by atoms with Crippen LogP contribution >= 0.6 is 0 Å². The summed E-state index contributed by atoms with van der Waals surface area (Å²) >= 11 is 0. The number of carboxylic acids is 2. The topological polar surface area (TPSA) is 205 Å². The lowest BCUT2D eigenvalue weighted by Crippen LogP contribution is -2.61. The molecule has 4 rings (SSSR count). The molecule has 0 saturated heterocycles. The predicted molar refractivity (Wildman–Crippen MR) is 140 cm³/mol. The van der Waals surface area contributed by atoms with E-state index in [-0.39, 0.29) is 36.4 Å². The molecule has 0 unspecified atom stereocenters. The third-order valence-electron chi connectivity index (χ3n) is 10.0. The summed E-state index contributed by atoms with van der Waals surface area (Å²) in [5.74, 6) is -5.70. The molecule has 0 aromatic rings. The molecule has 12 nitrogen and oxygen atoms in total. The Morgan fingerprint density at radius 2 is 1.83 bits per heavy atom.